The molecule has 58 heavy (non-hydrogen) atoms. The molecule has 0 atom stereocenters. The maximum atomic E-state index is 2.42. The Labute approximate surface area is 342 Å². The number of benzene rings is 10. The molecule has 0 fully saturated rings. The minimum atomic E-state index is 1.10. The molecule has 0 amide bonds. The zero-order valence-corrected chi connectivity index (χ0v) is 32.5. The predicted molar refractivity (Wildman–Crippen MR) is 251 cm³/mol. The highest BCUT2D eigenvalue weighted by Crippen LogP contribution is 2.46. The van der Waals surface area contributed by atoms with Gasteiger partial charge in [0.2, 0.25) is 0 Å². The second kappa shape index (κ2) is 14.4. The van der Waals surface area contributed by atoms with Gasteiger partial charge in [-0.2, -0.15) is 0 Å². The quantitative estimate of drug-likeness (QED) is 0.157. The van der Waals surface area contributed by atoms with E-state index in [0.717, 1.165) is 17.1 Å². The van der Waals surface area contributed by atoms with Crippen LogP contribution in [-0.2, 0) is 0 Å². The fourth-order valence-corrected chi connectivity index (χ4v) is 9.83. The minimum absolute atomic E-state index is 1.10. The number of nitrogens with zero attached hydrogens (tertiary/aromatic N) is 1. The van der Waals surface area contributed by atoms with E-state index in [1.54, 1.807) is 0 Å². The number of fused-ring (bicyclic) bond motifs is 5. The van der Waals surface area contributed by atoms with Crippen LogP contribution in [0.5, 0.6) is 0 Å². The molecular weight excluding hydrogens is 719 g/mol. The summed E-state index contributed by atoms with van der Waals surface area (Å²) < 4.78 is 2.62. The molecule has 10 aromatic carbocycles. The van der Waals surface area contributed by atoms with Gasteiger partial charge in [-0.25, -0.2) is 0 Å². The van der Waals surface area contributed by atoms with E-state index < -0.39 is 0 Å². The molecule has 0 radical (unpaired) electrons. The molecule has 2 heteroatoms. The summed E-state index contributed by atoms with van der Waals surface area (Å²) in [6, 6.07) is 81.9. The normalized spacial score (nSPS) is 11.4. The van der Waals surface area contributed by atoms with Gasteiger partial charge in [0.1, 0.15) is 0 Å². The molecule has 0 unspecified atom stereocenters. The summed E-state index contributed by atoms with van der Waals surface area (Å²) in [5, 5.41) is 7.63. The molecule has 1 nitrogen and oxygen atoms in total. The van der Waals surface area contributed by atoms with Crippen molar-refractivity contribution in [2.75, 3.05) is 4.90 Å². The molecule has 0 saturated heterocycles. The Hall–Kier alpha value is -7.26. The Kier molecular flexibility index (Phi) is 8.42. The molecule has 0 aliphatic heterocycles. The van der Waals surface area contributed by atoms with Crippen molar-refractivity contribution in [3.05, 3.63) is 224 Å². The molecule has 11 aromatic rings. The molecule has 0 bridgehead atoms. The van der Waals surface area contributed by atoms with Crippen molar-refractivity contribution < 1.29 is 0 Å². The smallest absolute Gasteiger partial charge is 0.0540 e. The molecule has 0 aliphatic rings. The van der Waals surface area contributed by atoms with Crippen LogP contribution in [0.15, 0.2) is 224 Å². The first-order valence-electron chi connectivity index (χ1n) is 19.8. The van der Waals surface area contributed by atoms with Gasteiger partial charge in [0.05, 0.1) is 5.69 Å². The van der Waals surface area contributed by atoms with Crippen LogP contribution < -0.4 is 4.90 Å². The number of para-hydroxylation sites is 1. The first-order valence-corrected chi connectivity index (χ1v) is 20.6. The second-order valence-electron chi connectivity index (χ2n) is 14.9. The first-order chi connectivity index (χ1) is 28.7. The number of hydrogen-bond donors (Lipinski definition) is 0. The van der Waals surface area contributed by atoms with Crippen LogP contribution in [0.25, 0.3) is 86.2 Å². The van der Waals surface area contributed by atoms with Gasteiger partial charge in [-0.1, -0.05) is 176 Å². The summed E-state index contributed by atoms with van der Waals surface area (Å²) in [6.07, 6.45) is 0. The molecule has 0 N–H and O–H groups in total. The van der Waals surface area contributed by atoms with Crippen molar-refractivity contribution >= 4 is 70.1 Å². The highest BCUT2D eigenvalue weighted by molar-refractivity contribution is 7.26. The topological polar surface area (TPSA) is 3.24 Å². The third-order valence-electron chi connectivity index (χ3n) is 11.5. The molecular formula is C56H37NS. The lowest BCUT2D eigenvalue weighted by Gasteiger charge is -2.28. The monoisotopic (exact) mass is 755 g/mol. The lowest BCUT2D eigenvalue weighted by Crippen LogP contribution is -2.11. The van der Waals surface area contributed by atoms with Gasteiger partial charge in [0, 0.05) is 42.7 Å². The Bertz CT molecular complexity index is 3280. The van der Waals surface area contributed by atoms with Crippen molar-refractivity contribution in [3.63, 3.8) is 0 Å². The summed E-state index contributed by atoms with van der Waals surface area (Å²) in [5.41, 5.74) is 13.0. The van der Waals surface area contributed by atoms with E-state index in [4.69, 9.17) is 0 Å². The average molecular weight is 756 g/mol. The summed E-state index contributed by atoms with van der Waals surface area (Å²) in [7, 11) is 0. The number of thiophene rings is 1. The summed E-state index contributed by atoms with van der Waals surface area (Å²) in [5.74, 6) is 0. The second-order valence-corrected chi connectivity index (χ2v) is 15.9. The number of rotatable bonds is 7. The largest absolute Gasteiger partial charge is 0.310 e. The number of hydrogen-bond acceptors (Lipinski definition) is 2. The standard InChI is InChI=1S/C56H37NS/c1-2-14-42-37-45(27-26-38(42)12-1)44-17-9-16-43(36-44)39-28-32-46(33-29-39)57(47-34-30-41(31-35-47)49-21-10-15-40-13-3-4-18-48(40)49)54-24-7-5-19-50(54)52-22-11-23-53-51-20-6-8-25-55(51)58-56(52)53/h1-37H. The van der Waals surface area contributed by atoms with Crippen LogP contribution in [0.3, 0.4) is 0 Å². The Morgan fingerprint density at radius 1 is 0.293 bits per heavy atom. The molecule has 272 valence electrons. The van der Waals surface area contributed by atoms with E-state index in [9.17, 15) is 0 Å². The highest BCUT2D eigenvalue weighted by Gasteiger charge is 2.20. The van der Waals surface area contributed by atoms with Crippen LogP contribution in [0.1, 0.15) is 0 Å². The Morgan fingerprint density at radius 2 is 0.828 bits per heavy atom. The van der Waals surface area contributed by atoms with Gasteiger partial charge < -0.3 is 4.90 Å². The zero-order valence-electron chi connectivity index (χ0n) is 31.7. The maximum Gasteiger partial charge on any atom is 0.0540 e. The maximum absolute atomic E-state index is 2.42. The molecule has 1 aromatic heterocycles. The molecule has 0 saturated carbocycles. The SMILES string of the molecule is c1cc(-c2ccc(N(c3ccc(-c4cccc5ccccc45)cc3)c3ccccc3-c3cccc4c3sc3ccccc34)cc2)cc(-c2ccc3ccccc3c2)c1. The van der Waals surface area contributed by atoms with Crippen LogP contribution in [0.4, 0.5) is 17.1 Å². The Balaban J connectivity index is 1.03. The van der Waals surface area contributed by atoms with Crippen LogP contribution in [-0.4, -0.2) is 0 Å². The predicted octanol–water partition coefficient (Wildman–Crippen LogP) is 16.5. The van der Waals surface area contributed by atoms with Gasteiger partial charge >= 0.3 is 0 Å². The third kappa shape index (κ3) is 6.03. The van der Waals surface area contributed by atoms with Crippen molar-refractivity contribution in [2.45, 2.75) is 0 Å². The fraction of sp³-hybridized carbons (Fsp3) is 0. The van der Waals surface area contributed by atoms with Gasteiger partial charge in [-0.3, -0.25) is 0 Å². The van der Waals surface area contributed by atoms with Crippen molar-refractivity contribution in [3.8, 4) is 44.5 Å². The average Bonchev–Trinajstić information content (AvgIpc) is 3.69. The van der Waals surface area contributed by atoms with E-state index in [-0.39, 0.29) is 0 Å². The number of anilines is 3. The zero-order chi connectivity index (χ0) is 38.4. The van der Waals surface area contributed by atoms with Crippen LogP contribution in [0.2, 0.25) is 0 Å². The molecule has 1 heterocycles. The van der Waals surface area contributed by atoms with Crippen molar-refractivity contribution in [1.29, 1.82) is 0 Å². The van der Waals surface area contributed by atoms with Gasteiger partial charge in [0.15, 0.2) is 0 Å². The fourth-order valence-electron chi connectivity index (χ4n) is 8.60. The summed E-state index contributed by atoms with van der Waals surface area (Å²) >= 11 is 1.88. The van der Waals surface area contributed by atoms with Crippen LogP contribution in [0, 0.1) is 0 Å². The van der Waals surface area contributed by atoms with E-state index in [2.05, 4.69) is 229 Å². The van der Waals surface area contributed by atoms with Gasteiger partial charge in [-0.15, -0.1) is 11.3 Å². The van der Waals surface area contributed by atoms with Crippen molar-refractivity contribution in [2.24, 2.45) is 0 Å². The lowest BCUT2D eigenvalue weighted by atomic mass is 9.96. The molecule has 0 spiro atoms. The van der Waals surface area contributed by atoms with Gasteiger partial charge in [-0.05, 0) is 103 Å². The molecule has 0 aliphatic carbocycles. The molecule has 11 rings (SSSR count). The minimum Gasteiger partial charge on any atom is -0.310 e. The summed E-state index contributed by atoms with van der Waals surface area (Å²) in [6.45, 7) is 0. The summed E-state index contributed by atoms with van der Waals surface area (Å²) in [4.78, 5) is 2.42. The Morgan fingerprint density at radius 3 is 1.66 bits per heavy atom. The van der Waals surface area contributed by atoms with Crippen LogP contribution >= 0.6 is 11.3 Å². The van der Waals surface area contributed by atoms with E-state index in [1.807, 2.05) is 11.3 Å². The highest BCUT2D eigenvalue weighted by atomic mass is 32.1. The first kappa shape index (κ1) is 34.0. The van der Waals surface area contributed by atoms with E-state index in [0.29, 0.717) is 0 Å². The third-order valence-corrected chi connectivity index (χ3v) is 12.7. The van der Waals surface area contributed by atoms with Gasteiger partial charge in [0.25, 0.3) is 0 Å². The van der Waals surface area contributed by atoms with E-state index in [1.165, 1.54) is 86.2 Å². The van der Waals surface area contributed by atoms with E-state index >= 15 is 0 Å². The van der Waals surface area contributed by atoms with Crippen molar-refractivity contribution in [1.82, 2.24) is 0 Å². The lowest BCUT2D eigenvalue weighted by molar-refractivity contribution is 1.28.